The highest BCUT2D eigenvalue weighted by molar-refractivity contribution is 6.10. The summed E-state index contributed by atoms with van der Waals surface area (Å²) in [6, 6.07) is 48.0. The van der Waals surface area contributed by atoms with Crippen LogP contribution in [0.1, 0.15) is 0 Å². The molecule has 6 aromatic carbocycles. The summed E-state index contributed by atoms with van der Waals surface area (Å²) in [7, 11) is 0. The smallest absolute Gasteiger partial charge is 0.308 e. The van der Waals surface area contributed by atoms with Gasteiger partial charge in [-0.3, -0.25) is 8.97 Å². The minimum atomic E-state index is 0.535. The van der Waals surface area contributed by atoms with E-state index >= 15 is 0 Å². The van der Waals surface area contributed by atoms with Gasteiger partial charge in [-0.2, -0.15) is 4.98 Å². The van der Waals surface area contributed by atoms with Gasteiger partial charge in [0, 0.05) is 39.4 Å². The van der Waals surface area contributed by atoms with E-state index < -0.39 is 0 Å². The SMILES string of the molecule is c1cc(Oc2ccc3nc4oc(-n5c6ccccc6c6ccccc65)cn4c3c2)cc(-n2c3ccccc3c3ccccc32)c1. The zero-order valence-electron chi connectivity index (χ0n) is 24.0. The number of hydrogen-bond donors (Lipinski definition) is 0. The van der Waals surface area contributed by atoms with E-state index in [1.54, 1.807) is 0 Å². The molecule has 0 N–H and O–H groups in total. The maximum absolute atomic E-state index is 6.47. The van der Waals surface area contributed by atoms with Gasteiger partial charge in [0.2, 0.25) is 5.88 Å². The minimum absolute atomic E-state index is 0.535. The number of hydrogen-bond acceptors (Lipinski definition) is 3. The average Bonchev–Trinajstić information content (AvgIpc) is 3.82. The third-order valence-electron chi connectivity index (χ3n) is 8.76. The Morgan fingerprint density at radius 1 is 0.489 bits per heavy atom. The zero-order valence-corrected chi connectivity index (χ0v) is 24.0. The van der Waals surface area contributed by atoms with Crippen LogP contribution < -0.4 is 4.74 Å². The molecular weight excluding hydrogens is 556 g/mol. The minimum Gasteiger partial charge on any atom is -0.457 e. The Morgan fingerprint density at radius 3 is 1.67 bits per heavy atom. The van der Waals surface area contributed by atoms with Crippen LogP contribution in [-0.2, 0) is 0 Å². The van der Waals surface area contributed by atoms with E-state index in [-0.39, 0.29) is 0 Å². The molecular formula is C39H24N4O2. The molecule has 0 amide bonds. The summed E-state index contributed by atoms with van der Waals surface area (Å²) in [5.41, 5.74) is 7.31. The molecule has 0 radical (unpaired) electrons. The standard InChI is InChI=1S/C39H24N4O2/c1-5-16-33-28(12-1)29-13-2-6-17-34(29)42(33)25-10-9-11-26(22-25)44-27-20-21-32-37(23-27)41-24-38(45-39(41)40-32)43-35-18-7-3-14-30(35)31-15-4-8-19-36(31)43/h1-24H. The Labute approximate surface area is 256 Å². The maximum atomic E-state index is 6.47. The van der Waals surface area contributed by atoms with Gasteiger partial charge >= 0.3 is 5.84 Å². The summed E-state index contributed by atoms with van der Waals surface area (Å²) in [6.07, 6.45) is 2.01. The first-order chi connectivity index (χ1) is 22.3. The molecule has 0 aliphatic rings. The number of rotatable bonds is 4. The van der Waals surface area contributed by atoms with Crippen LogP contribution in [0.15, 0.2) is 150 Å². The van der Waals surface area contributed by atoms with E-state index in [2.05, 4.69) is 118 Å². The van der Waals surface area contributed by atoms with Crippen molar-refractivity contribution in [3.8, 4) is 23.1 Å². The Kier molecular flexibility index (Phi) is 4.90. The molecule has 10 rings (SSSR count). The van der Waals surface area contributed by atoms with Crippen molar-refractivity contribution in [3.05, 3.63) is 146 Å². The van der Waals surface area contributed by atoms with Crippen LogP contribution in [0.2, 0.25) is 0 Å². The summed E-state index contributed by atoms with van der Waals surface area (Å²) in [4.78, 5) is 4.78. The van der Waals surface area contributed by atoms with E-state index in [1.807, 2.05) is 40.9 Å². The molecule has 6 heteroatoms. The van der Waals surface area contributed by atoms with Crippen LogP contribution in [0, 0.1) is 0 Å². The average molecular weight is 581 g/mol. The summed E-state index contributed by atoms with van der Waals surface area (Å²) < 4.78 is 19.3. The molecule has 0 spiro atoms. The van der Waals surface area contributed by atoms with Crippen LogP contribution in [-0.4, -0.2) is 18.5 Å². The monoisotopic (exact) mass is 580 g/mol. The molecule has 4 heterocycles. The largest absolute Gasteiger partial charge is 0.457 e. The van der Waals surface area contributed by atoms with Crippen LogP contribution in [0.25, 0.3) is 72.1 Å². The van der Waals surface area contributed by atoms with E-state index in [0.717, 1.165) is 50.3 Å². The highest BCUT2D eigenvalue weighted by Crippen LogP contribution is 2.36. The van der Waals surface area contributed by atoms with Crippen LogP contribution in [0.3, 0.4) is 0 Å². The molecule has 6 nitrogen and oxygen atoms in total. The molecule has 10 aromatic rings. The van der Waals surface area contributed by atoms with Gasteiger partial charge in [0.25, 0.3) is 0 Å². The number of imidazole rings is 1. The van der Waals surface area contributed by atoms with Gasteiger partial charge in [-0.25, -0.2) is 0 Å². The Bertz CT molecular complexity index is 2650. The fraction of sp³-hybridized carbons (Fsp3) is 0. The predicted molar refractivity (Wildman–Crippen MR) is 180 cm³/mol. The summed E-state index contributed by atoms with van der Waals surface area (Å²) in [5.74, 6) is 2.73. The van der Waals surface area contributed by atoms with Gasteiger partial charge in [0.1, 0.15) is 11.5 Å². The summed E-state index contributed by atoms with van der Waals surface area (Å²) in [6.45, 7) is 0. The Morgan fingerprint density at radius 2 is 1.04 bits per heavy atom. The van der Waals surface area contributed by atoms with Crippen molar-refractivity contribution in [2.75, 3.05) is 0 Å². The van der Waals surface area contributed by atoms with Crippen LogP contribution in [0.5, 0.6) is 11.5 Å². The topological polar surface area (TPSA) is 49.5 Å². The molecule has 0 aliphatic heterocycles. The van der Waals surface area contributed by atoms with Crippen molar-refractivity contribution in [2.24, 2.45) is 0 Å². The third kappa shape index (κ3) is 3.53. The maximum Gasteiger partial charge on any atom is 0.308 e. The van der Waals surface area contributed by atoms with E-state index in [0.29, 0.717) is 11.7 Å². The first kappa shape index (κ1) is 24.2. The third-order valence-corrected chi connectivity index (χ3v) is 8.76. The van der Waals surface area contributed by atoms with Crippen molar-refractivity contribution < 1.29 is 9.15 Å². The van der Waals surface area contributed by atoms with Crippen LogP contribution >= 0.6 is 0 Å². The number of fused-ring (bicyclic) bond motifs is 9. The van der Waals surface area contributed by atoms with Gasteiger partial charge < -0.3 is 13.7 Å². The fourth-order valence-electron chi connectivity index (χ4n) is 6.83. The summed E-state index contributed by atoms with van der Waals surface area (Å²) in [5, 5.41) is 4.83. The van der Waals surface area contributed by atoms with Crippen molar-refractivity contribution >= 4 is 60.5 Å². The molecule has 212 valence electrons. The second kappa shape index (κ2) is 9.11. The lowest BCUT2D eigenvalue weighted by atomic mass is 10.2. The predicted octanol–water partition coefficient (Wildman–Crippen LogP) is 10.1. The molecule has 4 aromatic heterocycles. The quantitative estimate of drug-likeness (QED) is 0.208. The van der Waals surface area contributed by atoms with Crippen molar-refractivity contribution in [1.82, 2.24) is 18.5 Å². The lowest BCUT2D eigenvalue weighted by Crippen LogP contribution is -1.94. The van der Waals surface area contributed by atoms with E-state index in [9.17, 15) is 0 Å². The van der Waals surface area contributed by atoms with Gasteiger partial charge in [-0.1, -0.05) is 78.9 Å². The van der Waals surface area contributed by atoms with Gasteiger partial charge in [-0.15, -0.1) is 0 Å². The highest BCUT2D eigenvalue weighted by atomic mass is 16.5. The second-order valence-corrected chi connectivity index (χ2v) is 11.3. The van der Waals surface area contributed by atoms with Crippen LogP contribution in [0.4, 0.5) is 0 Å². The summed E-state index contributed by atoms with van der Waals surface area (Å²) >= 11 is 0. The number of nitrogens with zero attached hydrogens (tertiary/aromatic N) is 4. The molecule has 0 bridgehead atoms. The normalized spacial score (nSPS) is 12.0. The Hall–Kier alpha value is -6.27. The van der Waals surface area contributed by atoms with Gasteiger partial charge in [0.15, 0.2) is 0 Å². The number of para-hydroxylation sites is 4. The molecule has 45 heavy (non-hydrogen) atoms. The fourth-order valence-corrected chi connectivity index (χ4v) is 6.83. The number of aromatic nitrogens is 4. The number of ether oxygens (including phenoxy) is 1. The van der Waals surface area contributed by atoms with Crippen molar-refractivity contribution in [1.29, 1.82) is 0 Å². The molecule has 0 fully saturated rings. The highest BCUT2D eigenvalue weighted by Gasteiger charge is 2.18. The molecule has 0 atom stereocenters. The van der Waals surface area contributed by atoms with E-state index in [4.69, 9.17) is 14.1 Å². The van der Waals surface area contributed by atoms with Crippen molar-refractivity contribution in [2.45, 2.75) is 0 Å². The Balaban J connectivity index is 1.06. The zero-order chi connectivity index (χ0) is 29.5. The van der Waals surface area contributed by atoms with Gasteiger partial charge in [-0.05, 0) is 48.5 Å². The molecule has 0 unspecified atom stereocenters. The molecule has 0 saturated carbocycles. The lowest BCUT2D eigenvalue weighted by molar-refractivity contribution is 0.483. The number of oxazole rings is 1. The van der Waals surface area contributed by atoms with E-state index in [1.165, 1.54) is 21.5 Å². The molecule has 0 aliphatic carbocycles. The number of benzene rings is 6. The first-order valence-electron chi connectivity index (χ1n) is 15.0. The van der Waals surface area contributed by atoms with Crippen molar-refractivity contribution in [3.63, 3.8) is 0 Å². The van der Waals surface area contributed by atoms with Gasteiger partial charge in [0.05, 0.1) is 39.3 Å². The first-order valence-corrected chi connectivity index (χ1v) is 15.0. The lowest BCUT2D eigenvalue weighted by Gasteiger charge is -2.11. The molecule has 0 saturated heterocycles. The second-order valence-electron chi connectivity index (χ2n) is 11.3.